The largest absolute Gasteiger partial charge is 0.484 e. The first-order valence-electron chi connectivity index (χ1n) is 11.0. The maximum atomic E-state index is 11.5. The Kier molecular flexibility index (Phi) is 6.59. The number of aromatic nitrogens is 2. The second-order valence-corrected chi connectivity index (χ2v) is 8.25. The molecule has 0 aliphatic heterocycles. The van der Waals surface area contributed by atoms with Crippen molar-refractivity contribution in [3.63, 3.8) is 0 Å². The Hall–Kier alpha value is -4.53. The van der Waals surface area contributed by atoms with E-state index >= 15 is 0 Å². The smallest absolute Gasteiger partial charge is 0.255 e. The molecule has 2 aromatic heterocycles. The number of aryl methyl sites for hydroxylation is 3. The molecular weight excluding hydrogens is 446 g/mol. The number of nitrogens with two attached hydrogens (primary N) is 2. The first-order chi connectivity index (χ1) is 16.7. The Bertz CT molecular complexity index is 1410. The Balaban J connectivity index is 1.91. The number of pyridine rings is 1. The van der Waals surface area contributed by atoms with Gasteiger partial charge < -0.3 is 26.3 Å². The lowest BCUT2D eigenvalue weighted by Crippen LogP contribution is -2.21. The number of anilines is 2. The Morgan fingerprint density at radius 3 is 2.29 bits per heavy atom. The van der Waals surface area contributed by atoms with Crippen LogP contribution in [0.3, 0.4) is 0 Å². The summed E-state index contributed by atoms with van der Waals surface area (Å²) < 4.78 is 13.2. The average molecular weight is 474 g/mol. The number of nitrogens with one attached hydrogen (secondary N) is 1. The van der Waals surface area contributed by atoms with Gasteiger partial charge in [-0.05, 0) is 55.7 Å². The van der Waals surface area contributed by atoms with Gasteiger partial charge in [-0.1, -0.05) is 24.3 Å². The summed E-state index contributed by atoms with van der Waals surface area (Å²) in [6, 6.07) is 15.2. The van der Waals surface area contributed by atoms with E-state index in [-0.39, 0.29) is 13.2 Å². The molecule has 0 fully saturated rings. The van der Waals surface area contributed by atoms with Crippen LogP contribution in [0.25, 0.3) is 16.9 Å². The van der Waals surface area contributed by atoms with Crippen molar-refractivity contribution in [2.45, 2.75) is 20.8 Å². The topological polar surface area (TPSA) is 134 Å². The van der Waals surface area contributed by atoms with E-state index in [9.17, 15) is 9.59 Å². The monoisotopic (exact) mass is 473 g/mol. The number of para-hydroxylation sites is 1. The minimum absolute atomic E-state index is 0.290. The highest BCUT2D eigenvalue weighted by Gasteiger charge is 2.22. The van der Waals surface area contributed by atoms with Crippen LogP contribution in [-0.4, -0.2) is 34.4 Å². The van der Waals surface area contributed by atoms with Crippen LogP contribution in [0, 0.1) is 20.8 Å². The summed E-state index contributed by atoms with van der Waals surface area (Å²) in [5, 5.41) is 3.57. The number of rotatable bonds is 9. The van der Waals surface area contributed by atoms with Crippen LogP contribution in [0.2, 0.25) is 0 Å². The highest BCUT2D eigenvalue weighted by Crippen LogP contribution is 2.41. The number of ether oxygens (including phenoxy) is 2. The van der Waals surface area contributed by atoms with E-state index in [1.807, 2.05) is 67.8 Å². The zero-order valence-corrected chi connectivity index (χ0v) is 19.8. The van der Waals surface area contributed by atoms with Crippen LogP contribution in [0.5, 0.6) is 11.5 Å². The van der Waals surface area contributed by atoms with Crippen molar-refractivity contribution in [2.24, 2.45) is 11.5 Å². The zero-order valence-electron chi connectivity index (χ0n) is 19.8. The van der Waals surface area contributed by atoms with Crippen molar-refractivity contribution in [1.29, 1.82) is 0 Å². The normalized spacial score (nSPS) is 10.8. The molecule has 9 heteroatoms. The van der Waals surface area contributed by atoms with Gasteiger partial charge in [0.25, 0.3) is 11.8 Å². The van der Waals surface area contributed by atoms with Crippen LogP contribution in [0.15, 0.2) is 54.7 Å². The van der Waals surface area contributed by atoms with Gasteiger partial charge in [0.2, 0.25) is 0 Å². The van der Waals surface area contributed by atoms with Gasteiger partial charge >= 0.3 is 0 Å². The Labute approximate surface area is 202 Å². The van der Waals surface area contributed by atoms with Crippen LogP contribution in [0.4, 0.5) is 11.5 Å². The van der Waals surface area contributed by atoms with Gasteiger partial charge in [0, 0.05) is 23.5 Å². The fraction of sp³-hybridized carbons (Fsp3) is 0.192. The standard InChI is InChI=1S/C26H27N5O4/c1-15-7-6-8-16(2)24(15)30-26-25(29-22-9-4-5-10-31(22)26)23-17(3)11-18(34-13-20(27)32)12-19(23)35-14-21(28)33/h4-12,30H,13-14H2,1-3H3,(H2,27,32)(H2,28,33). The predicted molar refractivity (Wildman–Crippen MR) is 134 cm³/mol. The van der Waals surface area contributed by atoms with Crippen molar-refractivity contribution in [2.75, 3.05) is 18.5 Å². The number of hydrogen-bond acceptors (Lipinski definition) is 6. The average Bonchev–Trinajstić information content (AvgIpc) is 3.16. The van der Waals surface area contributed by atoms with Gasteiger partial charge in [0.05, 0.1) is 0 Å². The lowest BCUT2D eigenvalue weighted by molar-refractivity contribution is -0.120. The molecule has 35 heavy (non-hydrogen) atoms. The van der Waals surface area contributed by atoms with Gasteiger partial charge in [0.1, 0.15) is 28.7 Å². The van der Waals surface area contributed by atoms with E-state index in [1.165, 1.54) is 0 Å². The number of carbonyl (C=O) groups is 2. The number of nitrogens with zero attached hydrogens (tertiary/aromatic N) is 2. The molecule has 0 saturated carbocycles. The van der Waals surface area contributed by atoms with Crippen molar-refractivity contribution in [1.82, 2.24) is 9.38 Å². The summed E-state index contributed by atoms with van der Waals surface area (Å²) in [4.78, 5) is 27.6. The first kappa shape index (κ1) is 23.6. The summed E-state index contributed by atoms with van der Waals surface area (Å²) >= 11 is 0. The van der Waals surface area contributed by atoms with Crippen molar-refractivity contribution in [3.8, 4) is 22.8 Å². The quantitative estimate of drug-likeness (QED) is 0.341. The van der Waals surface area contributed by atoms with Gasteiger partial charge in [0.15, 0.2) is 13.2 Å². The number of hydrogen-bond donors (Lipinski definition) is 3. The lowest BCUT2D eigenvalue weighted by Gasteiger charge is -2.17. The van der Waals surface area contributed by atoms with E-state index in [0.717, 1.165) is 33.8 Å². The number of amides is 2. The third-order valence-corrected chi connectivity index (χ3v) is 5.52. The molecule has 0 unspecified atom stereocenters. The molecule has 0 bridgehead atoms. The maximum absolute atomic E-state index is 11.5. The molecule has 0 saturated heterocycles. The van der Waals surface area contributed by atoms with E-state index < -0.39 is 11.8 Å². The lowest BCUT2D eigenvalue weighted by atomic mass is 10.0. The molecule has 0 aliphatic carbocycles. The molecule has 4 rings (SSSR count). The molecular formula is C26H27N5O4. The molecule has 9 nitrogen and oxygen atoms in total. The van der Waals surface area contributed by atoms with Gasteiger partial charge in [-0.3, -0.25) is 14.0 Å². The number of benzene rings is 2. The Morgan fingerprint density at radius 2 is 1.60 bits per heavy atom. The van der Waals surface area contributed by atoms with Crippen LogP contribution in [0.1, 0.15) is 16.7 Å². The molecule has 2 amide bonds. The minimum Gasteiger partial charge on any atom is -0.484 e. The fourth-order valence-electron chi connectivity index (χ4n) is 3.95. The molecule has 2 heterocycles. The van der Waals surface area contributed by atoms with Crippen LogP contribution >= 0.6 is 0 Å². The molecule has 180 valence electrons. The van der Waals surface area contributed by atoms with E-state index in [4.69, 9.17) is 25.9 Å². The summed E-state index contributed by atoms with van der Waals surface area (Å²) in [5.74, 6) is 0.220. The summed E-state index contributed by atoms with van der Waals surface area (Å²) in [6.07, 6.45) is 1.92. The summed E-state index contributed by atoms with van der Waals surface area (Å²) in [5.41, 5.74) is 16.5. The Morgan fingerprint density at radius 1 is 0.914 bits per heavy atom. The SMILES string of the molecule is Cc1cccc(C)c1Nc1c(-c2c(C)cc(OCC(N)=O)cc2OCC(N)=O)nc2ccccn12. The van der Waals surface area contributed by atoms with Crippen molar-refractivity contribution < 1.29 is 19.1 Å². The third-order valence-electron chi connectivity index (χ3n) is 5.52. The predicted octanol–water partition coefficient (Wildman–Crippen LogP) is 3.40. The van der Waals surface area contributed by atoms with E-state index in [2.05, 4.69) is 5.32 Å². The van der Waals surface area contributed by atoms with Gasteiger partial charge in [-0.25, -0.2) is 4.98 Å². The molecule has 5 N–H and O–H groups in total. The molecule has 2 aromatic carbocycles. The number of imidazole rings is 1. The van der Waals surface area contributed by atoms with Gasteiger partial charge in [-0.15, -0.1) is 0 Å². The fourth-order valence-corrected chi connectivity index (χ4v) is 3.95. The maximum Gasteiger partial charge on any atom is 0.255 e. The molecule has 4 aromatic rings. The summed E-state index contributed by atoms with van der Waals surface area (Å²) in [6.45, 7) is 5.32. The zero-order chi connectivity index (χ0) is 25.1. The highest BCUT2D eigenvalue weighted by atomic mass is 16.5. The molecule has 0 atom stereocenters. The van der Waals surface area contributed by atoms with Crippen molar-refractivity contribution in [3.05, 3.63) is 71.4 Å². The minimum atomic E-state index is -0.624. The number of fused-ring (bicyclic) bond motifs is 1. The third kappa shape index (κ3) is 5.03. The molecule has 0 radical (unpaired) electrons. The molecule has 0 spiro atoms. The van der Waals surface area contributed by atoms with E-state index in [1.54, 1.807) is 12.1 Å². The van der Waals surface area contributed by atoms with E-state index in [0.29, 0.717) is 22.8 Å². The summed E-state index contributed by atoms with van der Waals surface area (Å²) in [7, 11) is 0. The first-order valence-corrected chi connectivity index (χ1v) is 11.0. The van der Waals surface area contributed by atoms with Crippen LogP contribution < -0.4 is 26.3 Å². The van der Waals surface area contributed by atoms with Crippen LogP contribution in [-0.2, 0) is 9.59 Å². The van der Waals surface area contributed by atoms with Gasteiger partial charge in [-0.2, -0.15) is 0 Å². The highest BCUT2D eigenvalue weighted by molar-refractivity contribution is 5.86. The molecule has 0 aliphatic rings. The number of carbonyl (C=O) groups excluding carboxylic acids is 2. The second-order valence-electron chi connectivity index (χ2n) is 8.25. The number of primary amides is 2. The van der Waals surface area contributed by atoms with Crippen molar-refractivity contribution >= 4 is 29.0 Å². The second kappa shape index (κ2) is 9.76.